The normalized spacial score (nSPS) is 46.6. The highest BCUT2D eigenvalue weighted by Gasteiger charge is 2.72. The molecule has 0 atom stereocenters. The van der Waals surface area contributed by atoms with Crippen molar-refractivity contribution in [3.63, 3.8) is 0 Å². The highest BCUT2D eigenvalue weighted by molar-refractivity contribution is 5.21. The Kier molecular flexibility index (Phi) is 0.995. The molecule has 0 saturated heterocycles. The minimum Gasteiger partial charge on any atom is -0.198 e. The lowest BCUT2D eigenvalue weighted by molar-refractivity contribution is 0.487. The Morgan fingerprint density at radius 1 is 0.900 bits per heavy atom. The van der Waals surface area contributed by atoms with Gasteiger partial charge in [-0.05, 0) is 23.7 Å². The van der Waals surface area contributed by atoms with Gasteiger partial charge in [0, 0.05) is 12.8 Å². The van der Waals surface area contributed by atoms with Gasteiger partial charge in [0.15, 0.2) is 0 Å². The van der Waals surface area contributed by atoms with Crippen molar-refractivity contribution in [3.05, 3.63) is 0 Å². The quantitative estimate of drug-likeness (QED) is 0.568. The van der Waals surface area contributed by atoms with Gasteiger partial charge in [0.25, 0.3) is 0 Å². The summed E-state index contributed by atoms with van der Waals surface area (Å²) in [5.41, 5.74) is 0. The van der Waals surface area contributed by atoms with Crippen molar-refractivity contribution in [1.82, 2.24) is 0 Å². The standard InChI is InChI=1S/C8H8N2/c9-3-1-5-7-6(2-4-10)8(5)7/h5-8H,1-2H2. The maximum Gasteiger partial charge on any atom is 0.0624 e. The molecule has 2 fully saturated rings. The minimum absolute atomic E-state index is 0.684. The Balaban J connectivity index is 1.73. The molecule has 0 aromatic rings. The molecule has 2 rings (SSSR count). The first-order valence-corrected chi connectivity index (χ1v) is 3.64. The Morgan fingerprint density at radius 2 is 1.30 bits per heavy atom. The summed E-state index contributed by atoms with van der Waals surface area (Å²) in [6.07, 6.45) is 1.44. The number of hydrogen-bond donors (Lipinski definition) is 0. The van der Waals surface area contributed by atoms with E-state index < -0.39 is 0 Å². The molecule has 2 nitrogen and oxygen atoms in total. The summed E-state index contributed by atoms with van der Waals surface area (Å²) in [5, 5.41) is 16.6. The Bertz CT molecular complexity index is 199. The predicted molar refractivity (Wildman–Crippen MR) is 34.4 cm³/mol. The molecule has 10 heavy (non-hydrogen) atoms. The van der Waals surface area contributed by atoms with Gasteiger partial charge in [-0.15, -0.1) is 0 Å². The minimum atomic E-state index is 0.684. The molecule has 50 valence electrons. The maximum absolute atomic E-state index is 8.32. The van der Waals surface area contributed by atoms with Crippen LogP contribution in [0.5, 0.6) is 0 Å². The van der Waals surface area contributed by atoms with E-state index in [9.17, 15) is 0 Å². The molecular weight excluding hydrogens is 124 g/mol. The molecule has 0 bridgehead atoms. The Hall–Kier alpha value is -1.02. The lowest BCUT2D eigenvalue weighted by Crippen LogP contribution is -1.98. The third-order valence-electron chi connectivity index (χ3n) is 2.79. The van der Waals surface area contributed by atoms with Crippen LogP contribution in [0.2, 0.25) is 0 Å². The van der Waals surface area contributed by atoms with E-state index in [1.54, 1.807) is 0 Å². The van der Waals surface area contributed by atoms with Crippen LogP contribution in [0.1, 0.15) is 12.8 Å². The van der Waals surface area contributed by atoms with E-state index in [0.717, 1.165) is 24.7 Å². The van der Waals surface area contributed by atoms with Crippen LogP contribution in [0.3, 0.4) is 0 Å². The number of nitriles is 2. The average Bonchev–Trinajstić information content (AvgIpc) is 2.76. The fourth-order valence-corrected chi connectivity index (χ4v) is 2.10. The maximum atomic E-state index is 8.32. The first kappa shape index (κ1) is 5.74. The second-order valence-electron chi connectivity index (χ2n) is 3.21. The highest BCUT2D eigenvalue weighted by atomic mass is 14.8. The summed E-state index contributed by atoms with van der Waals surface area (Å²) in [5.74, 6) is 2.92. The van der Waals surface area contributed by atoms with E-state index in [-0.39, 0.29) is 0 Å². The lowest BCUT2D eigenvalue weighted by atomic mass is 10.0. The van der Waals surface area contributed by atoms with Crippen LogP contribution in [0.4, 0.5) is 0 Å². The zero-order valence-electron chi connectivity index (χ0n) is 5.62. The Morgan fingerprint density at radius 3 is 1.60 bits per heavy atom. The van der Waals surface area contributed by atoms with Gasteiger partial charge >= 0.3 is 0 Å². The van der Waals surface area contributed by atoms with Crippen LogP contribution in [0, 0.1) is 46.3 Å². The lowest BCUT2D eigenvalue weighted by Gasteiger charge is -2.01. The molecule has 2 aliphatic carbocycles. The monoisotopic (exact) mass is 132 g/mol. The summed E-state index contributed by atoms with van der Waals surface area (Å²) in [7, 11) is 0. The summed E-state index contributed by atoms with van der Waals surface area (Å²) in [4.78, 5) is 0. The van der Waals surface area contributed by atoms with Gasteiger partial charge in [0.1, 0.15) is 0 Å². The second kappa shape index (κ2) is 1.73. The topological polar surface area (TPSA) is 47.6 Å². The predicted octanol–water partition coefficient (Wildman–Crippen LogP) is 1.31. The van der Waals surface area contributed by atoms with Crippen molar-refractivity contribution < 1.29 is 0 Å². The van der Waals surface area contributed by atoms with E-state index in [1.165, 1.54) is 0 Å². The van der Waals surface area contributed by atoms with Gasteiger partial charge in [-0.3, -0.25) is 0 Å². The van der Waals surface area contributed by atoms with Crippen molar-refractivity contribution in [2.75, 3.05) is 0 Å². The molecular formula is C8H8N2. The van der Waals surface area contributed by atoms with Crippen molar-refractivity contribution in [2.24, 2.45) is 23.7 Å². The van der Waals surface area contributed by atoms with Gasteiger partial charge < -0.3 is 0 Å². The molecule has 0 unspecified atom stereocenters. The molecule has 0 aromatic heterocycles. The molecule has 0 aliphatic heterocycles. The fourth-order valence-electron chi connectivity index (χ4n) is 2.10. The number of rotatable bonds is 2. The first-order valence-electron chi connectivity index (χ1n) is 3.64. The molecule has 0 radical (unpaired) electrons. The van der Waals surface area contributed by atoms with Crippen LogP contribution < -0.4 is 0 Å². The highest BCUT2D eigenvalue weighted by Crippen LogP contribution is 2.75. The molecule has 0 aromatic carbocycles. The number of fused-ring (bicyclic) bond motifs is 1. The number of nitrogens with zero attached hydrogens (tertiary/aromatic N) is 2. The smallest absolute Gasteiger partial charge is 0.0624 e. The molecule has 2 aliphatic rings. The summed E-state index contributed by atoms with van der Waals surface area (Å²) in [6, 6.07) is 4.34. The van der Waals surface area contributed by atoms with Gasteiger partial charge in [-0.25, -0.2) is 0 Å². The van der Waals surface area contributed by atoms with Crippen molar-refractivity contribution in [2.45, 2.75) is 12.8 Å². The van der Waals surface area contributed by atoms with E-state index in [4.69, 9.17) is 10.5 Å². The zero-order valence-corrected chi connectivity index (χ0v) is 5.62. The van der Waals surface area contributed by atoms with Crippen LogP contribution in [-0.2, 0) is 0 Å². The van der Waals surface area contributed by atoms with Crippen molar-refractivity contribution in [3.8, 4) is 12.1 Å². The molecule has 0 heterocycles. The van der Waals surface area contributed by atoms with Crippen molar-refractivity contribution >= 4 is 0 Å². The van der Waals surface area contributed by atoms with Crippen LogP contribution in [0.25, 0.3) is 0 Å². The van der Waals surface area contributed by atoms with Crippen molar-refractivity contribution in [1.29, 1.82) is 10.5 Å². The largest absolute Gasteiger partial charge is 0.198 e. The second-order valence-corrected chi connectivity index (χ2v) is 3.21. The van der Waals surface area contributed by atoms with Crippen LogP contribution in [-0.4, -0.2) is 0 Å². The Labute approximate surface area is 60.1 Å². The van der Waals surface area contributed by atoms with E-state index in [2.05, 4.69) is 12.1 Å². The van der Waals surface area contributed by atoms with E-state index in [0.29, 0.717) is 11.8 Å². The summed E-state index contributed by atoms with van der Waals surface area (Å²) >= 11 is 0. The van der Waals surface area contributed by atoms with Crippen LogP contribution >= 0.6 is 0 Å². The molecule has 0 amide bonds. The van der Waals surface area contributed by atoms with E-state index >= 15 is 0 Å². The molecule has 2 saturated carbocycles. The molecule has 2 heteroatoms. The van der Waals surface area contributed by atoms with E-state index in [1.807, 2.05) is 0 Å². The third kappa shape index (κ3) is 0.567. The third-order valence-corrected chi connectivity index (χ3v) is 2.79. The average molecular weight is 132 g/mol. The van der Waals surface area contributed by atoms with Crippen LogP contribution in [0.15, 0.2) is 0 Å². The van der Waals surface area contributed by atoms with Gasteiger partial charge in [0.05, 0.1) is 12.1 Å². The first-order chi connectivity index (χ1) is 4.90. The molecule has 0 spiro atoms. The molecule has 0 N–H and O–H groups in total. The summed E-state index contributed by atoms with van der Waals surface area (Å²) < 4.78 is 0. The fraction of sp³-hybridized carbons (Fsp3) is 0.750. The van der Waals surface area contributed by atoms with Gasteiger partial charge in [-0.2, -0.15) is 10.5 Å². The van der Waals surface area contributed by atoms with Gasteiger partial charge in [-0.1, -0.05) is 0 Å². The SMILES string of the molecule is N#CCC1C2C(CC#N)C12. The zero-order chi connectivity index (χ0) is 7.14. The number of hydrogen-bond acceptors (Lipinski definition) is 2. The summed E-state index contributed by atoms with van der Waals surface area (Å²) in [6.45, 7) is 0. The van der Waals surface area contributed by atoms with Gasteiger partial charge in [0.2, 0.25) is 0 Å².